The zero-order valence-electron chi connectivity index (χ0n) is 16.2. The van der Waals surface area contributed by atoms with Crippen molar-refractivity contribution < 1.29 is 8.42 Å². The number of allylic oxidation sites excluding steroid dienone is 1. The van der Waals surface area contributed by atoms with E-state index >= 15 is 0 Å². The van der Waals surface area contributed by atoms with Gasteiger partial charge in [0.15, 0.2) is 4.91 Å². The fraction of sp³-hybridized carbons (Fsp3) is 0.0870. The average molecular weight is 455 g/mol. The van der Waals surface area contributed by atoms with Gasteiger partial charge in [-0.1, -0.05) is 66.2 Å². The molecule has 1 N–H and O–H groups in total. The van der Waals surface area contributed by atoms with Crippen LogP contribution in [0.15, 0.2) is 93.7 Å². The second-order valence-corrected chi connectivity index (χ2v) is 9.69. The molecular weight excluding hydrogens is 436 g/mol. The van der Waals surface area contributed by atoms with E-state index in [2.05, 4.69) is 5.32 Å². The van der Waals surface area contributed by atoms with Crippen molar-refractivity contribution >= 4 is 38.9 Å². The maximum absolute atomic E-state index is 13.2. The molecule has 0 bridgehead atoms. The van der Waals surface area contributed by atoms with Crippen LogP contribution >= 0.6 is 23.4 Å². The Hall–Kier alpha value is -2.72. The summed E-state index contributed by atoms with van der Waals surface area (Å²) in [4.78, 5) is -0.274. The first-order valence-electron chi connectivity index (χ1n) is 9.07. The Kier molecular flexibility index (Phi) is 7.22. The first kappa shape index (κ1) is 22.0. The molecule has 0 aliphatic rings. The summed E-state index contributed by atoms with van der Waals surface area (Å²) >= 11 is 7.52. The van der Waals surface area contributed by atoms with Crippen LogP contribution in [-0.4, -0.2) is 8.42 Å². The molecule has 3 aromatic rings. The highest BCUT2D eigenvalue weighted by molar-refractivity contribution is 8.04. The van der Waals surface area contributed by atoms with Crippen LogP contribution in [-0.2, 0) is 15.6 Å². The van der Waals surface area contributed by atoms with Crippen molar-refractivity contribution in [3.63, 3.8) is 0 Å². The van der Waals surface area contributed by atoms with E-state index < -0.39 is 9.84 Å². The van der Waals surface area contributed by atoms with Crippen LogP contribution in [0.1, 0.15) is 11.1 Å². The first-order valence-corrected chi connectivity index (χ1v) is 11.9. The minimum absolute atomic E-state index is 0.0662. The lowest BCUT2D eigenvalue weighted by Gasteiger charge is -2.15. The Morgan fingerprint density at radius 3 is 2.30 bits per heavy atom. The molecule has 3 aromatic carbocycles. The van der Waals surface area contributed by atoms with Crippen LogP contribution in [0.25, 0.3) is 0 Å². The molecule has 0 fully saturated rings. The molecule has 0 atom stereocenters. The number of nitriles is 1. The van der Waals surface area contributed by atoms with Crippen LogP contribution in [0.5, 0.6) is 0 Å². The van der Waals surface area contributed by atoms with E-state index in [1.165, 1.54) is 23.9 Å². The van der Waals surface area contributed by atoms with Gasteiger partial charge in [0.05, 0.1) is 15.6 Å². The Labute approximate surface area is 186 Å². The van der Waals surface area contributed by atoms with E-state index in [1.807, 2.05) is 37.3 Å². The minimum atomic E-state index is -4.01. The molecule has 0 aromatic heterocycles. The number of nitrogens with one attached hydrogen (secondary N) is 1. The quantitative estimate of drug-likeness (QED) is 0.433. The average Bonchev–Trinajstić information content (AvgIpc) is 2.75. The summed E-state index contributed by atoms with van der Waals surface area (Å²) in [6.07, 6.45) is 0. The summed E-state index contributed by atoms with van der Waals surface area (Å²) in [5, 5.41) is 13.6. The molecule has 0 unspecified atom stereocenters. The third kappa shape index (κ3) is 5.06. The summed E-state index contributed by atoms with van der Waals surface area (Å²) in [6.45, 7) is 1.99. The molecule has 0 aliphatic carbocycles. The normalized spacial score (nSPS) is 12.0. The number of aryl methyl sites for hydroxylation is 1. The minimum Gasteiger partial charge on any atom is -0.347 e. The van der Waals surface area contributed by atoms with Crippen molar-refractivity contribution in [2.75, 3.05) is 5.32 Å². The third-order valence-corrected chi connectivity index (χ3v) is 7.62. The molecule has 0 amide bonds. The van der Waals surface area contributed by atoms with Gasteiger partial charge in [-0.3, -0.25) is 0 Å². The van der Waals surface area contributed by atoms with E-state index in [1.54, 1.807) is 42.5 Å². The number of anilines is 1. The van der Waals surface area contributed by atoms with E-state index in [4.69, 9.17) is 11.6 Å². The molecule has 0 saturated carbocycles. The predicted molar refractivity (Wildman–Crippen MR) is 124 cm³/mol. The zero-order valence-corrected chi connectivity index (χ0v) is 18.6. The second kappa shape index (κ2) is 9.86. The lowest BCUT2D eigenvalue weighted by Crippen LogP contribution is -2.10. The number of benzene rings is 3. The zero-order chi connectivity index (χ0) is 21.6. The number of hydrogen-bond acceptors (Lipinski definition) is 5. The van der Waals surface area contributed by atoms with Crippen LogP contribution in [0.4, 0.5) is 5.69 Å². The van der Waals surface area contributed by atoms with Crippen LogP contribution in [0, 0.1) is 18.3 Å². The smallest absolute Gasteiger partial charge is 0.219 e. The number of sulfone groups is 1. The molecule has 3 rings (SSSR count). The highest BCUT2D eigenvalue weighted by Gasteiger charge is 2.26. The number of nitrogens with zero attached hydrogens (tertiary/aromatic N) is 1. The fourth-order valence-corrected chi connectivity index (χ4v) is 5.55. The van der Waals surface area contributed by atoms with Crippen molar-refractivity contribution in [2.24, 2.45) is 0 Å². The van der Waals surface area contributed by atoms with Gasteiger partial charge < -0.3 is 5.32 Å². The summed E-state index contributed by atoms with van der Waals surface area (Å²) < 4.78 is 26.4. The number of halogens is 1. The summed E-state index contributed by atoms with van der Waals surface area (Å²) in [5.41, 5.74) is 2.67. The third-order valence-electron chi connectivity index (χ3n) is 4.39. The molecule has 30 heavy (non-hydrogen) atoms. The molecule has 0 radical (unpaired) electrons. The van der Waals surface area contributed by atoms with E-state index in [0.29, 0.717) is 16.5 Å². The summed E-state index contributed by atoms with van der Waals surface area (Å²) in [5.74, 6) is 0.495. The van der Waals surface area contributed by atoms with Gasteiger partial charge in [0.1, 0.15) is 11.1 Å². The second-order valence-electron chi connectivity index (χ2n) is 6.41. The van der Waals surface area contributed by atoms with Crippen molar-refractivity contribution in [1.29, 1.82) is 5.26 Å². The molecule has 0 saturated heterocycles. The number of para-hydroxylation sites is 1. The van der Waals surface area contributed by atoms with Crippen LogP contribution < -0.4 is 5.32 Å². The van der Waals surface area contributed by atoms with Gasteiger partial charge in [-0.25, -0.2) is 8.42 Å². The Morgan fingerprint density at radius 2 is 1.63 bits per heavy atom. The number of thioether (sulfide) groups is 1. The van der Waals surface area contributed by atoms with E-state index in [-0.39, 0.29) is 14.8 Å². The van der Waals surface area contributed by atoms with Gasteiger partial charge in [0, 0.05) is 5.75 Å². The van der Waals surface area contributed by atoms with Gasteiger partial charge >= 0.3 is 0 Å². The molecule has 0 heterocycles. The molecule has 0 aliphatic heterocycles. The topological polar surface area (TPSA) is 70.0 Å². The Balaban J connectivity index is 2.07. The highest BCUT2D eigenvalue weighted by Crippen LogP contribution is 2.33. The van der Waals surface area contributed by atoms with Crippen molar-refractivity contribution in [3.05, 3.63) is 105 Å². The van der Waals surface area contributed by atoms with Crippen molar-refractivity contribution in [2.45, 2.75) is 17.6 Å². The van der Waals surface area contributed by atoms with Crippen molar-refractivity contribution in [3.8, 4) is 6.07 Å². The Morgan fingerprint density at radius 1 is 1.00 bits per heavy atom. The van der Waals surface area contributed by atoms with Crippen LogP contribution in [0.3, 0.4) is 0 Å². The summed E-state index contributed by atoms with van der Waals surface area (Å²) in [6, 6.07) is 24.7. The van der Waals surface area contributed by atoms with Gasteiger partial charge in [-0.2, -0.15) is 5.26 Å². The molecule has 0 spiro atoms. The summed E-state index contributed by atoms with van der Waals surface area (Å²) in [7, 11) is -4.01. The van der Waals surface area contributed by atoms with Crippen LogP contribution in [0.2, 0.25) is 5.02 Å². The van der Waals surface area contributed by atoms with Gasteiger partial charge in [-0.05, 0) is 42.3 Å². The van der Waals surface area contributed by atoms with E-state index in [0.717, 1.165) is 11.1 Å². The standard InChI is InChI=1S/C23H19ClN2O2S2/c1-17-9-5-6-10-18(17)16-29-23(26-21-14-8-7-13-20(21)24)22(15-25)30(27,28)19-11-3-2-4-12-19/h2-14,26H,16H2,1H3/b23-22-. The molecule has 152 valence electrons. The fourth-order valence-electron chi connectivity index (χ4n) is 2.72. The number of rotatable bonds is 7. The molecule has 4 nitrogen and oxygen atoms in total. The number of hydrogen-bond donors (Lipinski definition) is 1. The van der Waals surface area contributed by atoms with Gasteiger partial charge in [-0.15, -0.1) is 11.8 Å². The largest absolute Gasteiger partial charge is 0.347 e. The monoisotopic (exact) mass is 454 g/mol. The maximum atomic E-state index is 13.2. The van der Waals surface area contributed by atoms with E-state index in [9.17, 15) is 13.7 Å². The van der Waals surface area contributed by atoms with Gasteiger partial charge in [0.25, 0.3) is 0 Å². The molecular formula is C23H19ClN2O2S2. The Bertz CT molecular complexity index is 1220. The highest BCUT2D eigenvalue weighted by atomic mass is 35.5. The predicted octanol–water partition coefficient (Wildman–Crippen LogP) is 6.16. The lowest BCUT2D eigenvalue weighted by atomic mass is 10.1. The van der Waals surface area contributed by atoms with Crippen molar-refractivity contribution in [1.82, 2.24) is 0 Å². The maximum Gasteiger partial charge on any atom is 0.219 e. The lowest BCUT2D eigenvalue weighted by molar-refractivity contribution is 0.603. The SMILES string of the molecule is Cc1ccccc1CS/C(Nc1ccccc1Cl)=C(/C#N)S(=O)(=O)c1ccccc1. The van der Waals surface area contributed by atoms with Gasteiger partial charge in [0.2, 0.25) is 9.84 Å². The molecule has 7 heteroatoms. The first-order chi connectivity index (χ1) is 14.4.